The fraction of sp³-hybridized carbons (Fsp3) is 0.192. The molecule has 0 atom stereocenters. The molecular formula is C26H21FN4O2. The van der Waals surface area contributed by atoms with Gasteiger partial charge in [-0.2, -0.15) is 5.10 Å². The van der Waals surface area contributed by atoms with Crippen molar-refractivity contribution in [3.63, 3.8) is 0 Å². The summed E-state index contributed by atoms with van der Waals surface area (Å²) in [6.07, 6.45) is 4.80. The van der Waals surface area contributed by atoms with Crippen molar-refractivity contribution < 1.29 is 13.9 Å². The standard InChI is InChI=1S/C26H21FN4O2/c27-19-8-6-18(7-9-19)24-22(14-31(30-24)13-16-10-20(32)11-16)25-21-12-23(17-4-2-1-3-5-17)33-26(21)29-15-28-25/h1-9,12,14-16,20,32H,10-11,13H2/t16-,20-. The quantitative estimate of drug-likeness (QED) is 0.400. The summed E-state index contributed by atoms with van der Waals surface area (Å²) in [4.78, 5) is 8.92. The maximum atomic E-state index is 13.6. The van der Waals surface area contributed by atoms with E-state index in [9.17, 15) is 9.50 Å². The number of benzene rings is 2. The van der Waals surface area contributed by atoms with Crippen LogP contribution in [0.1, 0.15) is 12.8 Å². The van der Waals surface area contributed by atoms with Crippen LogP contribution in [-0.2, 0) is 6.54 Å². The van der Waals surface area contributed by atoms with Crippen LogP contribution in [0.4, 0.5) is 4.39 Å². The van der Waals surface area contributed by atoms with Crippen molar-refractivity contribution in [1.82, 2.24) is 19.7 Å². The topological polar surface area (TPSA) is 77.0 Å². The second kappa shape index (κ2) is 7.94. The molecule has 33 heavy (non-hydrogen) atoms. The third-order valence-electron chi connectivity index (χ3n) is 6.18. The van der Waals surface area contributed by atoms with Gasteiger partial charge in [-0.25, -0.2) is 14.4 Å². The lowest BCUT2D eigenvalue weighted by Gasteiger charge is -2.31. The number of aromatic nitrogens is 4. The molecule has 1 N–H and O–H groups in total. The van der Waals surface area contributed by atoms with Crippen molar-refractivity contribution in [1.29, 1.82) is 0 Å². The first-order valence-corrected chi connectivity index (χ1v) is 11.0. The monoisotopic (exact) mass is 440 g/mol. The molecule has 0 spiro atoms. The first-order chi connectivity index (χ1) is 16.1. The summed E-state index contributed by atoms with van der Waals surface area (Å²) in [5.41, 5.74) is 4.52. The summed E-state index contributed by atoms with van der Waals surface area (Å²) < 4.78 is 21.5. The van der Waals surface area contributed by atoms with E-state index in [0.717, 1.165) is 40.6 Å². The Kier molecular flexibility index (Phi) is 4.77. The number of aliphatic hydroxyl groups excluding tert-OH is 1. The largest absolute Gasteiger partial charge is 0.438 e. The number of nitrogens with zero attached hydrogens (tertiary/aromatic N) is 4. The third kappa shape index (κ3) is 3.70. The molecular weight excluding hydrogens is 419 g/mol. The Bertz CT molecular complexity index is 1420. The Morgan fingerprint density at radius 1 is 0.970 bits per heavy atom. The van der Waals surface area contributed by atoms with E-state index in [1.807, 2.05) is 47.3 Å². The first kappa shape index (κ1) is 19.8. The van der Waals surface area contributed by atoms with E-state index in [2.05, 4.69) is 9.97 Å². The molecule has 0 unspecified atom stereocenters. The second-order valence-electron chi connectivity index (χ2n) is 8.53. The average molecular weight is 440 g/mol. The predicted molar refractivity (Wildman–Crippen MR) is 123 cm³/mol. The van der Waals surface area contributed by atoms with Crippen molar-refractivity contribution in [2.45, 2.75) is 25.5 Å². The van der Waals surface area contributed by atoms with E-state index >= 15 is 0 Å². The molecule has 1 saturated carbocycles. The van der Waals surface area contributed by atoms with Crippen molar-refractivity contribution in [3.8, 4) is 33.8 Å². The van der Waals surface area contributed by atoms with Gasteiger partial charge in [-0.1, -0.05) is 30.3 Å². The molecule has 5 aromatic rings. The maximum absolute atomic E-state index is 13.6. The van der Waals surface area contributed by atoms with E-state index in [1.54, 1.807) is 12.1 Å². The maximum Gasteiger partial charge on any atom is 0.230 e. The van der Waals surface area contributed by atoms with Crippen LogP contribution in [-0.4, -0.2) is 31.0 Å². The molecule has 0 bridgehead atoms. The number of fused-ring (bicyclic) bond motifs is 1. The highest BCUT2D eigenvalue weighted by atomic mass is 19.1. The number of furan rings is 1. The van der Waals surface area contributed by atoms with Gasteiger partial charge in [0.15, 0.2) is 0 Å². The van der Waals surface area contributed by atoms with Crippen molar-refractivity contribution in [2.75, 3.05) is 0 Å². The fourth-order valence-electron chi connectivity index (χ4n) is 4.44. The minimum Gasteiger partial charge on any atom is -0.438 e. The van der Waals surface area contributed by atoms with E-state index < -0.39 is 0 Å². The van der Waals surface area contributed by atoms with Crippen LogP contribution in [0.25, 0.3) is 44.9 Å². The SMILES string of the molecule is O[C@H]1C[C@H](Cn2cc(-c3ncnc4oc(-c5ccccc5)cc34)c(-c3ccc(F)cc3)n2)C1. The van der Waals surface area contributed by atoms with Crippen LogP contribution in [0.2, 0.25) is 0 Å². The molecule has 0 radical (unpaired) electrons. The van der Waals surface area contributed by atoms with Crippen molar-refractivity contribution >= 4 is 11.1 Å². The van der Waals surface area contributed by atoms with E-state index in [4.69, 9.17) is 9.52 Å². The summed E-state index contributed by atoms with van der Waals surface area (Å²) in [6.45, 7) is 0.708. The molecule has 1 aliphatic rings. The zero-order chi connectivity index (χ0) is 22.4. The van der Waals surface area contributed by atoms with Gasteiger partial charge in [0, 0.05) is 29.4 Å². The summed E-state index contributed by atoms with van der Waals surface area (Å²) in [5.74, 6) is 0.805. The van der Waals surface area contributed by atoms with E-state index in [0.29, 0.717) is 29.6 Å². The third-order valence-corrected chi connectivity index (χ3v) is 6.18. The highest BCUT2D eigenvalue weighted by Gasteiger charge is 2.28. The molecule has 3 aromatic heterocycles. The van der Waals surface area contributed by atoms with Gasteiger partial charge >= 0.3 is 0 Å². The minimum atomic E-state index is -0.296. The van der Waals surface area contributed by atoms with E-state index in [-0.39, 0.29) is 11.9 Å². The van der Waals surface area contributed by atoms with Crippen LogP contribution in [0.15, 0.2) is 77.6 Å². The molecule has 0 aliphatic heterocycles. The van der Waals surface area contributed by atoms with Crippen LogP contribution >= 0.6 is 0 Å². The van der Waals surface area contributed by atoms with Crippen molar-refractivity contribution in [2.24, 2.45) is 5.92 Å². The molecule has 0 saturated heterocycles. The molecule has 1 fully saturated rings. The van der Waals surface area contributed by atoms with Gasteiger partial charge in [0.2, 0.25) is 5.71 Å². The molecule has 164 valence electrons. The molecule has 1 aliphatic carbocycles. The highest BCUT2D eigenvalue weighted by Crippen LogP contribution is 2.37. The van der Waals surface area contributed by atoms with E-state index in [1.165, 1.54) is 18.5 Å². The second-order valence-corrected chi connectivity index (χ2v) is 8.53. The zero-order valence-corrected chi connectivity index (χ0v) is 17.7. The van der Waals surface area contributed by atoms with Crippen molar-refractivity contribution in [3.05, 3.63) is 79.0 Å². The highest BCUT2D eigenvalue weighted by molar-refractivity contribution is 5.95. The zero-order valence-electron chi connectivity index (χ0n) is 17.7. The van der Waals surface area contributed by atoms with Crippen LogP contribution in [0.5, 0.6) is 0 Å². The van der Waals surface area contributed by atoms with Gasteiger partial charge in [0.1, 0.15) is 23.6 Å². The molecule has 6 rings (SSSR count). The molecule has 6 nitrogen and oxygen atoms in total. The molecule has 3 heterocycles. The first-order valence-electron chi connectivity index (χ1n) is 11.0. The average Bonchev–Trinajstić information content (AvgIpc) is 3.44. The minimum absolute atomic E-state index is 0.217. The molecule has 7 heteroatoms. The van der Waals surface area contributed by atoms with Crippen LogP contribution in [0.3, 0.4) is 0 Å². The van der Waals surface area contributed by atoms with Gasteiger partial charge in [0.05, 0.1) is 17.2 Å². The van der Waals surface area contributed by atoms with Crippen LogP contribution < -0.4 is 0 Å². The molecule has 2 aromatic carbocycles. The van der Waals surface area contributed by atoms with Gasteiger partial charge < -0.3 is 9.52 Å². The number of rotatable bonds is 5. The number of hydrogen-bond acceptors (Lipinski definition) is 5. The van der Waals surface area contributed by atoms with Gasteiger partial charge in [-0.05, 0) is 49.1 Å². The van der Waals surface area contributed by atoms with Gasteiger partial charge in [0.25, 0.3) is 0 Å². The molecule has 0 amide bonds. The number of aliphatic hydroxyl groups is 1. The van der Waals surface area contributed by atoms with Gasteiger partial charge in [-0.3, -0.25) is 4.68 Å². The Balaban J connectivity index is 1.48. The number of hydrogen-bond donors (Lipinski definition) is 1. The fourth-order valence-corrected chi connectivity index (χ4v) is 4.44. The smallest absolute Gasteiger partial charge is 0.230 e. The summed E-state index contributed by atoms with van der Waals surface area (Å²) in [5, 5.41) is 15.3. The lowest BCUT2D eigenvalue weighted by atomic mass is 9.82. The lowest BCUT2D eigenvalue weighted by molar-refractivity contribution is 0.0337. The lowest BCUT2D eigenvalue weighted by Crippen LogP contribution is -2.31. The summed E-state index contributed by atoms with van der Waals surface area (Å²) in [7, 11) is 0. The van der Waals surface area contributed by atoms with Crippen LogP contribution in [0, 0.1) is 11.7 Å². The van der Waals surface area contributed by atoms with Gasteiger partial charge in [-0.15, -0.1) is 0 Å². The Hall–Kier alpha value is -3.84. The Labute approximate surface area is 189 Å². The predicted octanol–water partition coefficient (Wildman–Crippen LogP) is 5.33. The number of halogens is 1. The Morgan fingerprint density at radius 3 is 2.52 bits per heavy atom. The normalized spacial score (nSPS) is 17.9. The summed E-state index contributed by atoms with van der Waals surface area (Å²) in [6, 6.07) is 18.1. The summed E-state index contributed by atoms with van der Waals surface area (Å²) >= 11 is 0. The Morgan fingerprint density at radius 2 is 1.76 bits per heavy atom.